The van der Waals surface area contributed by atoms with E-state index in [4.69, 9.17) is 5.73 Å². The van der Waals surface area contributed by atoms with Crippen LogP contribution in [-0.4, -0.2) is 42.0 Å². The number of amides is 1. The van der Waals surface area contributed by atoms with E-state index in [1.165, 1.54) is 19.3 Å². The van der Waals surface area contributed by atoms with E-state index in [1.807, 2.05) is 0 Å². The third-order valence-electron chi connectivity index (χ3n) is 5.81. The van der Waals surface area contributed by atoms with Gasteiger partial charge in [0, 0.05) is 37.1 Å². The van der Waals surface area contributed by atoms with Crippen molar-refractivity contribution in [2.24, 2.45) is 23.5 Å². The van der Waals surface area contributed by atoms with Crippen molar-refractivity contribution < 1.29 is 4.79 Å². The summed E-state index contributed by atoms with van der Waals surface area (Å²) in [4.78, 5) is 15.0. The number of nitrogens with two attached hydrogens (primary N) is 1. The fourth-order valence-electron chi connectivity index (χ4n) is 4.55. The Morgan fingerprint density at radius 1 is 1.20 bits per heavy atom. The first-order valence-electron chi connectivity index (χ1n) is 8.35. The van der Waals surface area contributed by atoms with Crippen LogP contribution in [0.5, 0.6) is 0 Å². The molecule has 0 aromatic carbocycles. The van der Waals surface area contributed by atoms with E-state index >= 15 is 0 Å². The van der Waals surface area contributed by atoms with E-state index in [0.29, 0.717) is 35.9 Å². The average molecular weight is 279 g/mol. The van der Waals surface area contributed by atoms with Crippen LogP contribution in [0.2, 0.25) is 0 Å². The zero-order valence-electron chi connectivity index (χ0n) is 12.8. The molecule has 3 aliphatic rings. The minimum absolute atomic E-state index is 0.234. The highest BCUT2D eigenvalue weighted by Crippen LogP contribution is 2.42. The van der Waals surface area contributed by atoms with Crippen LogP contribution in [0.25, 0.3) is 0 Å². The lowest BCUT2D eigenvalue weighted by atomic mass is 9.65. The fourth-order valence-corrected chi connectivity index (χ4v) is 4.55. The summed E-state index contributed by atoms with van der Waals surface area (Å²) in [6, 6.07) is 1.10. The van der Waals surface area contributed by atoms with Gasteiger partial charge in [-0.15, -0.1) is 0 Å². The van der Waals surface area contributed by atoms with Crippen molar-refractivity contribution in [3.05, 3.63) is 0 Å². The smallest absolute Gasteiger partial charge is 0.226 e. The standard InChI is InChI=1S/C16H29N3O/c1-10-9-19(11(2)8-18-10)16(20)14-6-12-4-3-5-13(7-14)15(12)17/h10-15,18H,3-9,17H2,1-2H3. The third kappa shape index (κ3) is 2.60. The number of carbonyl (C=O) groups is 1. The highest BCUT2D eigenvalue weighted by atomic mass is 16.2. The largest absolute Gasteiger partial charge is 0.337 e. The second kappa shape index (κ2) is 5.64. The topological polar surface area (TPSA) is 58.4 Å². The van der Waals surface area contributed by atoms with E-state index < -0.39 is 0 Å². The molecule has 0 radical (unpaired) electrons. The number of carbonyl (C=O) groups excluding carboxylic acids is 1. The molecule has 4 nitrogen and oxygen atoms in total. The van der Waals surface area contributed by atoms with Gasteiger partial charge in [-0.25, -0.2) is 0 Å². The van der Waals surface area contributed by atoms with Crippen LogP contribution < -0.4 is 11.1 Å². The van der Waals surface area contributed by atoms with Crippen molar-refractivity contribution in [1.82, 2.24) is 10.2 Å². The van der Waals surface area contributed by atoms with Crippen LogP contribution in [0.1, 0.15) is 46.0 Å². The predicted octanol–water partition coefficient (Wildman–Crippen LogP) is 1.35. The first-order valence-corrected chi connectivity index (χ1v) is 8.35. The SMILES string of the molecule is CC1CN(C(=O)C2CC3CCCC(C2)C3N)C(C)CN1. The van der Waals surface area contributed by atoms with E-state index in [2.05, 4.69) is 24.1 Å². The molecule has 20 heavy (non-hydrogen) atoms. The molecule has 3 rings (SSSR count). The Bertz CT molecular complexity index is 359. The molecule has 2 bridgehead atoms. The Hall–Kier alpha value is -0.610. The zero-order chi connectivity index (χ0) is 14.3. The maximum Gasteiger partial charge on any atom is 0.226 e. The summed E-state index contributed by atoms with van der Waals surface area (Å²) in [7, 11) is 0. The van der Waals surface area contributed by atoms with Gasteiger partial charge in [0.15, 0.2) is 0 Å². The summed E-state index contributed by atoms with van der Waals surface area (Å²) in [6.45, 7) is 6.10. The number of hydrogen-bond acceptors (Lipinski definition) is 3. The zero-order valence-corrected chi connectivity index (χ0v) is 12.8. The Balaban J connectivity index is 1.68. The number of rotatable bonds is 1. The monoisotopic (exact) mass is 279 g/mol. The molecule has 4 atom stereocenters. The van der Waals surface area contributed by atoms with Crippen molar-refractivity contribution in [3.8, 4) is 0 Å². The van der Waals surface area contributed by atoms with Gasteiger partial charge in [0.1, 0.15) is 0 Å². The third-order valence-corrected chi connectivity index (χ3v) is 5.81. The van der Waals surface area contributed by atoms with Gasteiger partial charge in [-0.2, -0.15) is 0 Å². The van der Waals surface area contributed by atoms with Crippen LogP contribution in [0.3, 0.4) is 0 Å². The highest BCUT2D eigenvalue weighted by Gasteiger charge is 2.42. The molecule has 3 fully saturated rings. The maximum absolute atomic E-state index is 12.9. The Kier molecular flexibility index (Phi) is 4.04. The predicted molar refractivity (Wildman–Crippen MR) is 80.2 cm³/mol. The van der Waals surface area contributed by atoms with Gasteiger partial charge in [0.05, 0.1) is 0 Å². The number of nitrogens with zero attached hydrogens (tertiary/aromatic N) is 1. The summed E-state index contributed by atoms with van der Waals surface area (Å²) in [5, 5.41) is 3.45. The van der Waals surface area contributed by atoms with Crippen LogP contribution in [-0.2, 0) is 4.79 Å². The molecule has 0 aromatic rings. The van der Waals surface area contributed by atoms with Gasteiger partial charge in [-0.3, -0.25) is 4.79 Å². The minimum atomic E-state index is 0.234. The minimum Gasteiger partial charge on any atom is -0.337 e. The van der Waals surface area contributed by atoms with Crippen molar-refractivity contribution in [2.75, 3.05) is 13.1 Å². The number of hydrogen-bond donors (Lipinski definition) is 2. The maximum atomic E-state index is 12.9. The summed E-state index contributed by atoms with van der Waals surface area (Å²) in [6.07, 6.45) is 5.83. The fraction of sp³-hybridized carbons (Fsp3) is 0.938. The number of piperazine rings is 1. The molecular formula is C16H29N3O. The van der Waals surface area contributed by atoms with Crippen molar-refractivity contribution >= 4 is 5.91 Å². The lowest BCUT2D eigenvalue weighted by Crippen LogP contribution is -2.58. The van der Waals surface area contributed by atoms with Crippen LogP contribution in [0.4, 0.5) is 0 Å². The van der Waals surface area contributed by atoms with Gasteiger partial charge in [-0.1, -0.05) is 6.42 Å². The molecule has 1 heterocycles. The van der Waals surface area contributed by atoms with E-state index in [0.717, 1.165) is 25.9 Å². The highest BCUT2D eigenvalue weighted by molar-refractivity contribution is 5.79. The first-order chi connectivity index (χ1) is 9.56. The average Bonchev–Trinajstić information content (AvgIpc) is 2.40. The van der Waals surface area contributed by atoms with Gasteiger partial charge >= 0.3 is 0 Å². The normalized spacial score (nSPS) is 45.2. The molecule has 1 saturated heterocycles. The van der Waals surface area contributed by atoms with Gasteiger partial charge in [0.25, 0.3) is 0 Å². The van der Waals surface area contributed by atoms with Crippen molar-refractivity contribution in [2.45, 2.75) is 64.1 Å². The van der Waals surface area contributed by atoms with Crippen LogP contribution in [0, 0.1) is 17.8 Å². The first kappa shape index (κ1) is 14.3. The quantitative estimate of drug-likeness (QED) is 0.762. The van der Waals surface area contributed by atoms with Crippen molar-refractivity contribution in [3.63, 3.8) is 0 Å². The molecule has 4 unspecified atom stereocenters. The van der Waals surface area contributed by atoms with Gasteiger partial charge < -0.3 is 16.0 Å². The molecule has 114 valence electrons. The molecule has 1 amide bonds. The van der Waals surface area contributed by atoms with Crippen LogP contribution in [0.15, 0.2) is 0 Å². The summed E-state index contributed by atoms with van der Waals surface area (Å²) in [5.74, 6) is 1.81. The molecule has 3 N–H and O–H groups in total. The molecule has 0 aromatic heterocycles. The molecular weight excluding hydrogens is 250 g/mol. The summed E-state index contributed by atoms with van der Waals surface area (Å²) >= 11 is 0. The van der Waals surface area contributed by atoms with Gasteiger partial charge in [0.2, 0.25) is 5.91 Å². The van der Waals surface area contributed by atoms with E-state index in [1.54, 1.807) is 0 Å². The lowest BCUT2D eigenvalue weighted by molar-refractivity contribution is -0.142. The van der Waals surface area contributed by atoms with Crippen molar-refractivity contribution in [1.29, 1.82) is 0 Å². The Morgan fingerprint density at radius 2 is 1.85 bits per heavy atom. The second-order valence-electron chi connectivity index (χ2n) is 7.35. The molecule has 0 spiro atoms. The van der Waals surface area contributed by atoms with E-state index in [-0.39, 0.29) is 5.92 Å². The van der Waals surface area contributed by atoms with Gasteiger partial charge in [-0.05, 0) is 51.4 Å². The molecule has 1 aliphatic heterocycles. The Labute approximate surface area is 122 Å². The second-order valence-corrected chi connectivity index (χ2v) is 7.35. The lowest BCUT2D eigenvalue weighted by Gasteiger charge is -2.46. The van der Waals surface area contributed by atoms with E-state index in [9.17, 15) is 4.79 Å². The number of nitrogens with one attached hydrogen (secondary N) is 1. The molecule has 2 saturated carbocycles. The summed E-state index contributed by atoms with van der Waals surface area (Å²) in [5.41, 5.74) is 6.34. The Morgan fingerprint density at radius 3 is 2.50 bits per heavy atom. The number of fused-ring (bicyclic) bond motifs is 2. The molecule has 4 heteroatoms. The van der Waals surface area contributed by atoms with Crippen LogP contribution >= 0.6 is 0 Å². The summed E-state index contributed by atoms with van der Waals surface area (Å²) < 4.78 is 0. The molecule has 2 aliphatic carbocycles.